The Morgan fingerprint density at radius 3 is 2.77 bits per heavy atom. The summed E-state index contributed by atoms with van der Waals surface area (Å²) in [5.41, 5.74) is 7.35. The standard InChI is InChI=1S/C31H28ClNO6/c1-31(2)37-18-28(38-31)39-33-15-19-4-3-5-24(13-19)35-16-20-6-11-25-22(12-20)14-26-27(17-36-30(26)34)29(25)21-7-9-23(32)10-8-21/h3-11,13,15-16,26,28H,12,14,17-18H2,1-2H3/b20-16+,33-15?/t26?,28-/m0/s1. The Labute approximate surface area is 232 Å². The summed E-state index contributed by atoms with van der Waals surface area (Å²) in [4.78, 5) is 17.9. The predicted octanol–water partition coefficient (Wildman–Crippen LogP) is 6.35. The van der Waals surface area contributed by atoms with Gasteiger partial charge in [0.05, 0.1) is 18.4 Å². The Kier molecular flexibility index (Phi) is 6.89. The number of hydrogen-bond donors (Lipinski definition) is 0. The van der Waals surface area contributed by atoms with Crippen LogP contribution in [0.5, 0.6) is 5.75 Å². The summed E-state index contributed by atoms with van der Waals surface area (Å²) < 4.78 is 22.5. The maximum absolute atomic E-state index is 12.5. The van der Waals surface area contributed by atoms with Gasteiger partial charge in [0, 0.05) is 5.02 Å². The van der Waals surface area contributed by atoms with Crippen LogP contribution in [-0.4, -0.2) is 37.5 Å². The Balaban J connectivity index is 1.15. The van der Waals surface area contributed by atoms with E-state index in [-0.39, 0.29) is 11.9 Å². The maximum atomic E-state index is 12.5. The molecular formula is C31H28ClNO6. The fourth-order valence-electron chi connectivity index (χ4n) is 5.23. The van der Waals surface area contributed by atoms with Crippen molar-refractivity contribution < 1.29 is 28.6 Å². The smallest absolute Gasteiger partial charge is 0.313 e. The molecule has 0 radical (unpaired) electrons. The molecule has 2 aromatic rings. The Morgan fingerprint density at radius 1 is 1.13 bits per heavy atom. The van der Waals surface area contributed by atoms with Gasteiger partial charge in [-0.15, -0.1) is 0 Å². The van der Waals surface area contributed by atoms with Crippen LogP contribution in [0.3, 0.4) is 0 Å². The molecule has 2 aromatic carbocycles. The van der Waals surface area contributed by atoms with Crippen molar-refractivity contribution in [1.29, 1.82) is 0 Å². The fourth-order valence-corrected chi connectivity index (χ4v) is 5.36. The highest BCUT2D eigenvalue weighted by Gasteiger charge is 2.40. The zero-order valence-corrected chi connectivity index (χ0v) is 22.4. The molecule has 6 rings (SSSR count). The van der Waals surface area contributed by atoms with Crippen LogP contribution in [0.25, 0.3) is 5.57 Å². The molecule has 2 fully saturated rings. The Morgan fingerprint density at radius 2 is 1.97 bits per heavy atom. The number of fused-ring (bicyclic) bond motifs is 1. The van der Waals surface area contributed by atoms with Crippen molar-refractivity contribution in [3.05, 3.63) is 105 Å². The van der Waals surface area contributed by atoms with Crippen molar-refractivity contribution in [3.63, 3.8) is 0 Å². The topological polar surface area (TPSA) is 75.6 Å². The fraction of sp³-hybridized carbons (Fsp3) is 0.290. The van der Waals surface area contributed by atoms with Gasteiger partial charge in [-0.05, 0) is 84.4 Å². The average Bonchev–Trinajstić information content (AvgIpc) is 3.47. The third-order valence-corrected chi connectivity index (χ3v) is 7.33. The van der Waals surface area contributed by atoms with Crippen molar-refractivity contribution >= 4 is 29.4 Å². The molecule has 2 atom stereocenters. The summed E-state index contributed by atoms with van der Waals surface area (Å²) in [7, 11) is 0. The third-order valence-electron chi connectivity index (χ3n) is 7.08. The highest BCUT2D eigenvalue weighted by atomic mass is 35.5. The van der Waals surface area contributed by atoms with Crippen molar-refractivity contribution in [3.8, 4) is 5.75 Å². The van der Waals surface area contributed by atoms with Crippen LogP contribution in [0.1, 0.15) is 37.8 Å². The van der Waals surface area contributed by atoms with E-state index in [0.29, 0.717) is 36.8 Å². The van der Waals surface area contributed by atoms with E-state index in [1.54, 1.807) is 12.5 Å². The van der Waals surface area contributed by atoms with Gasteiger partial charge in [-0.1, -0.05) is 58.7 Å². The Hall–Kier alpha value is -3.65. The molecule has 4 aliphatic rings. The molecule has 2 saturated heterocycles. The van der Waals surface area contributed by atoms with Crippen molar-refractivity contribution in [2.75, 3.05) is 13.2 Å². The van der Waals surface area contributed by atoms with Gasteiger partial charge in [-0.25, -0.2) is 0 Å². The first-order valence-electron chi connectivity index (χ1n) is 12.9. The SMILES string of the molecule is CC1(C)OC[C@H](ON=Cc2cccc(O/C=C3\C=CC4=C(C3)CC3C(=O)OCC3=C4c3ccc(Cl)cc3)c2)O1. The molecular weight excluding hydrogens is 518 g/mol. The normalized spacial score (nSPS) is 24.8. The highest BCUT2D eigenvalue weighted by Crippen LogP contribution is 2.47. The van der Waals surface area contributed by atoms with Crippen molar-refractivity contribution in [1.82, 2.24) is 0 Å². The minimum atomic E-state index is -0.667. The summed E-state index contributed by atoms with van der Waals surface area (Å²) in [6.45, 7) is 4.32. The van der Waals surface area contributed by atoms with E-state index in [2.05, 4.69) is 17.3 Å². The minimum absolute atomic E-state index is 0.155. The molecule has 39 heavy (non-hydrogen) atoms. The number of benzene rings is 2. The minimum Gasteiger partial charge on any atom is -0.465 e. The monoisotopic (exact) mass is 545 g/mol. The molecule has 7 nitrogen and oxygen atoms in total. The first kappa shape index (κ1) is 25.6. The van der Waals surface area contributed by atoms with Crippen LogP contribution in [0, 0.1) is 5.92 Å². The lowest BCUT2D eigenvalue weighted by Crippen LogP contribution is -2.21. The molecule has 1 unspecified atom stereocenters. The molecule has 2 aliphatic carbocycles. The number of rotatable bonds is 6. The number of carbonyl (C=O) groups is 1. The summed E-state index contributed by atoms with van der Waals surface area (Å²) in [5, 5.41) is 4.70. The zero-order chi connectivity index (χ0) is 27.0. The van der Waals surface area contributed by atoms with E-state index < -0.39 is 12.1 Å². The number of hydrogen-bond acceptors (Lipinski definition) is 7. The number of cyclic esters (lactones) is 1. The largest absolute Gasteiger partial charge is 0.465 e. The second-order valence-corrected chi connectivity index (χ2v) is 10.7. The van der Waals surface area contributed by atoms with Gasteiger partial charge < -0.3 is 23.8 Å². The number of allylic oxidation sites excluding steroid dienone is 6. The van der Waals surface area contributed by atoms with Crippen LogP contribution in [0.15, 0.2) is 94.4 Å². The molecule has 0 spiro atoms. The highest BCUT2D eigenvalue weighted by molar-refractivity contribution is 6.30. The number of oxime groups is 1. The predicted molar refractivity (Wildman–Crippen MR) is 147 cm³/mol. The van der Waals surface area contributed by atoms with Crippen LogP contribution in [0.2, 0.25) is 5.02 Å². The lowest BCUT2D eigenvalue weighted by Gasteiger charge is -2.28. The molecule has 2 aliphatic heterocycles. The summed E-state index contributed by atoms with van der Waals surface area (Å²) in [6.07, 6.45) is 8.35. The Bertz CT molecular complexity index is 1450. The number of ether oxygens (including phenoxy) is 4. The van der Waals surface area contributed by atoms with E-state index in [9.17, 15) is 4.79 Å². The molecule has 8 heteroatoms. The summed E-state index contributed by atoms with van der Waals surface area (Å²) in [6, 6.07) is 15.3. The van der Waals surface area contributed by atoms with E-state index in [4.69, 9.17) is 35.4 Å². The second-order valence-electron chi connectivity index (χ2n) is 10.3. The van der Waals surface area contributed by atoms with Gasteiger partial charge in [-0.2, -0.15) is 0 Å². The zero-order valence-electron chi connectivity index (χ0n) is 21.7. The van der Waals surface area contributed by atoms with Gasteiger partial charge >= 0.3 is 5.97 Å². The van der Waals surface area contributed by atoms with Gasteiger partial charge in [-0.3, -0.25) is 4.79 Å². The van der Waals surface area contributed by atoms with E-state index >= 15 is 0 Å². The summed E-state index contributed by atoms with van der Waals surface area (Å²) >= 11 is 6.13. The quantitative estimate of drug-likeness (QED) is 0.182. The maximum Gasteiger partial charge on any atom is 0.313 e. The summed E-state index contributed by atoms with van der Waals surface area (Å²) in [5.74, 6) is -0.390. The van der Waals surface area contributed by atoms with Gasteiger partial charge in [0.25, 0.3) is 6.29 Å². The first-order chi connectivity index (χ1) is 18.8. The van der Waals surface area contributed by atoms with Crippen molar-refractivity contribution in [2.24, 2.45) is 11.1 Å². The second kappa shape index (κ2) is 10.5. The molecule has 0 amide bonds. The molecule has 2 heterocycles. The van der Waals surface area contributed by atoms with Crippen molar-refractivity contribution in [2.45, 2.75) is 38.8 Å². The lowest BCUT2D eigenvalue weighted by molar-refractivity contribution is -0.190. The van der Waals surface area contributed by atoms with Crippen LogP contribution in [0.4, 0.5) is 0 Å². The van der Waals surface area contributed by atoms with E-state index in [1.807, 2.05) is 62.4 Å². The van der Waals surface area contributed by atoms with Crippen LogP contribution < -0.4 is 4.74 Å². The van der Waals surface area contributed by atoms with Gasteiger partial charge in [0.15, 0.2) is 5.79 Å². The first-order valence-corrected chi connectivity index (χ1v) is 13.3. The van der Waals surface area contributed by atoms with E-state index in [1.165, 1.54) is 5.57 Å². The van der Waals surface area contributed by atoms with Crippen LogP contribution >= 0.6 is 11.6 Å². The van der Waals surface area contributed by atoms with Gasteiger partial charge in [0.1, 0.15) is 19.0 Å². The number of carbonyl (C=O) groups excluding carboxylic acids is 1. The lowest BCUT2D eigenvalue weighted by atomic mass is 9.74. The molecule has 0 bridgehead atoms. The molecule has 0 aromatic heterocycles. The number of nitrogens with zero attached hydrogens (tertiary/aromatic N) is 1. The molecule has 200 valence electrons. The van der Waals surface area contributed by atoms with E-state index in [0.717, 1.165) is 33.4 Å². The number of halogens is 1. The van der Waals surface area contributed by atoms with Crippen LogP contribution in [-0.2, 0) is 23.8 Å². The molecule has 0 N–H and O–H groups in total. The average molecular weight is 546 g/mol. The molecule has 0 saturated carbocycles. The number of esters is 1. The van der Waals surface area contributed by atoms with Gasteiger partial charge in [0.2, 0.25) is 0 Å². The third kappa shape index (κ3) is 5.57.